The van der Waals surface area contributed by atoms with Gasteiger partial charge in [0.25, 0.3) is 5.91 Å². The maximum Gasteiger partial charge on any atom is 0.255 e. The van der Waals surface area contributed by atoms with Crippen molar-refractivity contribution in [1.29, 1.82) is 0 Å². The molecule has 0 spiro atoms. The van der Waals surface area contributed by atoms with Crippen molar-refractivity contribution >= 4 is 17.7 Å². The molecule has 0 radical (unpaired) electrons. The summed E-state index contributed by atoms with van der Waals surface area (Å²) in [6, 6.07) is 5.47. The van der Waals surface area contributed by atoms with E-state index in [0.29, 0.717) is 5.56 Å². The van der Waals surface area contributed by atoms with Crippen LogP contribution in [0.2, 0.25) is 0 Å². The molecule has 1 fully saturated rings. The topological polar surface area (TPSA) is 49.3 Å². The minimum atomic E-state index is -0.172. The van der Waals surface area contributed by atoms with E-state index in [1.807, 2.05) is 11.8 Å². The zero-order chi connectivity index (χ0) is 11.5. The number of benzene rings is 1. The summed E-state index contributed by atoms with van der Waals surface area (Å²) >= 11 is 1.85. The van der Waals surface area contributed by atoms with E-state index in [1.54, 1.807) is 25.1 Å². The monoisotopic (exact) mass is 237 g/mol. The summed E-state index contributed by atoms with van der Waals surface area (Å²) in [5.41, 5.74) is 1.10. The van der Waals surface area contributed by atoms with E-state index >= 15 is 0 Å². The molecule has 0 bridgehead atoms. The second-order valence-electron chi connectivity index (χ2n) is 4.01. The molecular formula is C12H15NO2S. The summed E-state index contributed by atoms with van der Waals surface area (Å²) in [6.07, 6.45) is 1.02. The number of carbonyl (C=O) groups is 1. The van der Waals surface area contributed by atoms with Gasteiger partial charge in [0.15, 0.2) is 0 Å². The van der Waals surface area contributed by atoms with Crippen LogP contribution in [0.1, 0.15) is 22.3 Å². The largest absolute Gasteiger partial charge is 0.507 e. The van der Waals surface area contributed by atoms with Gasteiger partial charge in [-0.15, -0.1) is 0 Å². The molecule has 3 nitrogen and oxygen atoms in total. The van der Waals surface area contributed by atoms with Crippen molar-refractivity contribution in [2.45, 2.75) is 19.4 Å². The zero-order valence-electron chi connectivity index (χ0n) is 9.19. The molecule has 0 aliphatic carbocycles. The number of carbonyl (C=O) groups excluding carboxylic acids is 1. The molecule has 0 saturated carbocycles. The lowest BCUT2D eigenvalue weighted by molar-refractivity contribution is 0.0938. The van der Waals surface area contributed by atoms with Crippen molar-refractivity contribution in [2.75, 3.05) is 11.5 Å². The third-order valence-corrected chi connectivity index (χ3v) is 3.91. The minimum absolute atomic E-state index is 0.0886. The number of para-hydroxylation sites is 1. The molecule has 2 rings (SSSR count). The SMILES string of the molecule is Cc1cccc(C(=O)NC2CCSC2)c1O. The Morgan fingerprint density at radius 3 is 3.06 bits per heavy atom. The Bertz CT molecular complexity index is 400. The molecule has 1 amide bonds. The smallest absolute Gasteiger partial charge is 0.255 e. The first-order valence-electron chi connectivity index (χ1n) is 5.35. The molecule has 1 aliphatic rings. The number of nitrogens with one attached hydrogen (secondary N) is 1. The van der Waals surface area contributed by atoms with E-state index in [-0.39, 0.29) is 17.7 Å². The molecule has 1 heterocycles. The Balaban J connectivity index is 2.11. The van der Waals surface area contributed by atoms with Gasteiger partial charge in [0.05, 0.1) is 5.56 Å². The summed E-state index contributed by atoms with van der Waals surface area (Å²) in [4.78, 5) is 11.9. The van der Waals surface area contributed by atoms with Gasteiger partial charge in [-0.3, -0.25) is 4.79 Å². The van der Waals surface area contributed by atoms with Gasteiger partial charge in [-0.2, -0.15) is 11.8 Å². The lowest BCUT2D eigenvalue weighted by atomic mass is 10.1. The minimum Gasteiger partial charge on any atom is -0.507 e. The molecule has 86 valence electrons. The lowest BCUT2D eigenvalue weighted by Gasteiger charge is -2.12. The normalized spacial score (nSPS) is 19.7. The number of aryl methyl sites for hydroxylation is 1. The maximum absolute atomic E-state index is 11.9. The molecule has 1 aromatic carbocycles. The van der Waals surface area contributed by atoms with Crippen molar-refractivity contribution in [1.82, 2.24) is 5.32 Å². The highest BCUT2D eigenvalue weighted by Crippen LogP contribution is 2.22. The van der Waals surface area contributed by atoms with Crippen LogP contribution < -0.4 is 5.32 Å². The fourth-order valence-corrected chi connectivity index (χ4v) is 2.91. The van der Waals surface area contributed by atoms with E-state index in [4.69, 9.17) is 0 Å². The Kier molecular flexibility index (Phi) is 3.39. The molecule has 4 heteroatoms. The van der Waals surface area contributed by atoms with Gasteiger partial charge >= 0.3 is 0 Å². The molecule has 1 atom stereocenters. The van der Waals surface area contributed by atoms with Crippen LogP contribution in [0.15, 0.2) is 18.2 Å². The Morgan fingerprint density at radius 2 is 2.38 bits per heavy atom. The number of hydrogen-bond donors (Lipinski definition) is 2. The van der Waals surface area contributed by atoms with Crippen LogP contribution in [0.25, 0.3) is 0 Å². The summed E-state index contributed by atoms with van der Waals surface area (Å²) in [5.74, 6) is 1.99. The van der Waals surface area contributed by atoms with Gasteiger partial charge in [-0.05, 0) is 30.7 Å². The molecule has 16 heavy (non-hydrogen) atoms. The zero-order valence-corrected chi connectivity index (χ0v) is 10.0. The van der Waals surface area contributed by atoms with Gasteiger partial charge in [0.1, 0.15) is 5.75 Å². The Morgan fingerprint density at radius 1 is 1.56 bits per heavy atom. The van der Waals surface area contributed by atoms with Crippen molar-refractivity contribution in [2.24, 2.45) is 0 Å². The number of phenols is 1. The quantitative estimate of drug-likeness (QED) is 0.826. The van der Waals surface area contributed by atoms with Crippen LogP contribution >= 0.6 is 11.8 Å². The molecule has 2 N–H and O–H groups in total. The predicted molar refractivity (Wildman–Crippen MR) is 66.0 cm³/mol. The van der Waals surface area contributed by atoms with E-state index < -0.39 is 0 Å². The third-order valence-electron chi connectivity index (χ3n) is 2.75. The number of aromatic hydroxyl groups is 1. The van der Waals surface area contributed by atoms with E-state index in [9.17, 15) is 9.90 Å². The third kappa shape index (κ3) is 2.32. The fraction of sp³-hybridized carbons (Fsp3) is 0.417. The summed E-state index contributed by atoms with van der Waals surface area (Å²) in [6.45, 7) is 1.79. The van der Waals surface area contributed by atoms with Crippen molar-refractivity contribution < 1.29 is 9.90 Å². The first-order valence-corrected chi connectivity index (χ1v) is 6.51. The number of hydrogen-bond acceptors (Lipinski definition) is 3. The van der Waals surface area contributed by atoms with Crippen LogP contribution in [-0.2, 0) is 0 Å². The fourth-order valence-electron chi connectivity index (χ4n) is 1.75. The summed E-state index contributed by atoms with van der Waals surface area (Å²) in [7, 11) is 0. The Labute approximate surface area is 99.2 Å². The molecular weight excluding hydrogens is 222 g/mol. The van der Waals surface area contributed by atoms with Crippen LogP contribution in [-0.4, -0.2) is 28.6 Å². The maximum atomic E-state index is 11.9. The van der Waals surface area contributed by atoms with Gasteiger partial charge in [0, 0.05) is 11.8 Å². The van der Waals surface area contributed by atoms with Gasteiger partial charge in [0.2, 0.25) is 0 Å². The lowest BCUT2D eigenvalue weighted by Crippen LogP contribution is -2.34. The number of thioether (sulfide) groups is 1. The molecule has 1 aliphatic heterocycles. The Hall–Kier alpha value is -1.16. The highest BCUT2D eigenvalue weighted by atomic mass is 32.2. The molecule has 1 aromatic rings. The van der Waals surface area contributed by atoms with E-state index in [2.05, 4.69) is 5.32 Å². The van der Waals surface area contributed by atoms with Crippen LogP contribution in [0.4, 0.5) is 0 Å². The highest BCUT2D eigenvalue weighted by molar-refractivity contribution is 7.99. The molecule has 0 aromatic heterocycles. The van der Waals surface area contributed by atoms with E-state index in [0.717, 1.165) is 23.5 Å². The van der Waals surface area contributed by atoms with E-state index in [1.165, 1.54) is 0 Å². The number of rotatable bonds is 2. The van der Waals surface area contributed by atoms with Gasteiger partial charge in [-0.25, -0.2) is 0 Å². The first-order chi connectivity index (χ1) is 7.68. The van der Waals surface area contributed by atoms with Gasteiger partial charge in [-0.1, -0.05) is 12.1 Å². The highest BCUT2D eigenvalue weighted by Gasteiger charge is 2.20. The average molecular weight is 237 g/mol. The number of phenolic OH excluding ortho intramolecular Hbond substituents is 1. The van der Waals surface area contributed by atoms with Crippen LogP contribution in [0.3, 0.4) is 0 Å². The first kappa shape index (κ1) is 11.3. The van der Waals surface area contributed by atoms with Crippen LogP contribution in [0.5, 0.6) is 5.75 Å². The predicted octanol–water partition coefficient (Wildman–Crippen LogP) is 1.94. The standard InChI is InChI=1S/C12H15NO2S/c1-8-3-2-4-10(11(8)14)12(15)13-9-5-6-16-7-9/h2-4,9,14H,5-7H2,1H3,(H,13,15). The van der Waals surface area contributed by atoms with Crippen molar-refractivity contribution in [3.8, 4) is 5.75 Å². The van der Waals surface area contributed by atoms with Crippen molar-refractivity contribution in [3.63, 3.8) is 0 Å². The molecule has 1 saturated heterocycles. The summed E-state index contributed by atoms with van der Waals surface area (Å²) in [5, 5.41) is 12.7. The van der Waals surface area contributed by atoms with Crippen molar-refractivity contribution in [3.05, 3.63) is 29.3 Å². The molecule has 1 unspecified atom stereocenters. The number of amides is 1. The summed E-state index contributed by atoms with van der Waals surface area (Å²) < 4.78 is 0. The van der Waals surface area contributed by atoms with Crippen LogP contribution in [0, 0.1) is 6.92 Å². The average Bonchev–Trinajstić information content (AvgIpc) is 2.74. The second-order valence-corrected chi connectivity index (χ2v) is 5.15. The van der Waals surface area contributed by atoms with Gasteiger partial charge < -0.3 is 10.4 Å². The second kappa shape index (κ2) is 4.78.